The lowest BCUT2D eigenvalue weighted by molar-refractivity contribution is 0.100. The molecule has 2 aromatic rings. The van der Waals surface area contributed by atoms with E-state index in [1.165, 1.54) is 22.6 Å². The second-order valence-electron chi connectivity index (χ2n) is 6.33. The fourth-order valence-corrected chi connectivity index (χ4v) is 4.55. The lowest BCUT2D eigenvalue weighted by Gasteiger charge is -2.10. The molecule has 2 amide bonds. The van der Waals surface area contributed by atoms with E-state index in [2.05, 4.69) is 5.32 Å². The van der Waals surface area contributed by atoms with Gasteiger partial charge in [0.2, 0.25) is 0 Å². The third-order valence-electron chi connectivity index (χ3n) is 4.74. The van der Waals surface area contributed by atoms with Crippen molar-refractivity contribution < 1.29 is 9.59 Å². The Labute approximate surface area is 146 Å². The topological polar surface area (TPSA) is 72.2 Å². The Bertz CT molecular complexity index is 808. The SMILES string of the molecule is Cc1cccc(C(=O)Nc2sc3c(c2C(N)=O)CCCCC3)c1C. The number of nitrogens with two attached hydrogens (primary N) is 1. The number of amides is 2. The average molecular weight is 342 g/mol. The lowest BCUT2D eigenvalue weighted by Crippen LogP contribution is -2.18. The Morgan fingerprint density at radius 1 is 1.12 bits per heavy atom. The third kappa shape index (κ3) is 3.08. The third-order valence-corrected chi connectivity index (χ3v) is 5.95. The first-order valence-electron chi connectivity index (χ1n) is 8.31. The van der Waals surface area contributed by atoms with Crippen LogP contribution in [0.2, 0.25) is 0 Å². The molecule has 1 aromatic carbocycles. The van der Waals surface area contributed by atoms with E-state index in [0.717, 1.165) is 42.4 Å². The molecule has 0 saturated carbocycles. The van der Waals surface area contributed by atoms with Crippen molar-refractivity contribution in [1.29, 1.82) is 0 Å². The van der Waals surface area contributed by atoms with Gasteiger partial charge in [-0.2, -0.15) is 0 Å². The molecule has 0 bridgehead atoms. The van der Waals surface area contributed by atoms with Gasteiger partial charge in [0.15, 0.2) is 0 Å². The lowest BCUT2D eigenvalue weighted by atomic mass is 10.0. The maximum Gasteiger partial charge on any atom is 0.256 e. The average Bonchev–Trinajstić information content (AvgIpc) is 2.71. The van der Waals surface area contributed by atoms with Crippen LogP contribution in [0.4, 0.5) is 5.00 Å². The molecule has 3 N–H and O–H groups in total. The number of carbonyl (C=O) groups excluding carboxylic acids is 2. The minimum Gasteiger partial charge on any atom is -0.365 e. The van der Waals surface area contributed by atoms with Crippen molar-refractivity contribution in [3.63, 3.8) is 0 Å². The van der Waals surface area contributed by atoms with Crippen LogP contribution >= 0.6 is 11.3 Å². The molecule has 1 heterocycles. The van der Waals surface area contributed by atoms with Gasteiger partial charge in [0.25, 0.3) is 11.8 Å². The van der Waals surface area contributed by atoms with Gasteiger partial charge in [-0.25, -0.2) is 0 Å². The van der Waals surface area contributed by atoms with Gasteiger partial charge in [-0.3, -0.25) is 9.59 Å². The van der Waals surface area contributed by atoms with E-state index in [4.69, 9.17) is 5.73 Å². The first-order valence-corrected chi connectivity index (χ1v) is 9.12. The molecule has 0 radical (unpaired) electrons. The summed E-state index contributed by atoms with van der Waals surface area (Å²) in [6.07, 6.45) is 5.18. The summed E-state index contributed by atoms with van der Waals surface area (Å²) in [4.78, 5) is 25.9. The number of thiophene rings is 1. The number of aryl methyl sites for hydroxylation is 2. The molecule has 24 heavy (non-hydrogen) atoms. The van der Waals surface area contributed by atoms with Gasteiger partial charge in [-0.15, -0.1) is 11.3 Å². The van der Waals surface area contributed by atoms with Gasteiger partial charge >= 0.3 is 0 Å². The second-order valence-corrected chi connectivity index (χ2v) is 7.44. The molecule has 1 aliphatic carbocycles. The highest BCUT2D eigenvalue weighted by atomic mass is 32.1. The smallest absolute Gasteiger partial charge is 0.256 e. The first-order chi connectivity index (χ1) is 11.5. The Morgan fingerprint density at radius 3 is 2.62 bits per heavy atom. The van der Waals surface area contributed by atoms with Crippen molar-refractivity contribution in [1.82, 2.24) is 0 Å². The molecule has 126 valence electrons. The summed E-state index contributed by atoms with van der Waals surface area (Å²) in [6.45, 7) is 3.91. The summed E-state index contributed by atoms with van der Waals surface area (Å²) >= 11 is 1.50. The normalized spacial score (nSPS) is 13.9. The predicted molar refractivity (Wildman–Crippen MR) is 98.0 cm³/mol. The highest BCUT2D eigenvalue weighted by molar-refractivity contribution is 7.17. The Kier molecular flexibility index (Phi) is 4.71. The quantitative estimate of drug-likeness (QED) is 0.828. The number of hydrogen-bond acceptors (Lipinski definition) is 3. The number of primary amides is 1. The Hall–Kier alpha value is -2.14. The minimum absolute atomic E-state index is 0.185. The maximum atomic E-state index is 12.7. The first kappa shape index (κ1) is 16.7. The monoisotopic (exact) mass is 342 g/mol. The molecule has 0 atom stereocenters. The molecular formula is C19H22N2O2S. The predicted octanol–water partition coefficient (Wildman–Crippen LogP) is 3.99. The van der Waals surface area contributed by atoms with Crippen LogP contribution in [-0.4, -0.2) is 11.8 Å². The van der Waals surface area contributed by atoms with Gasteiger partial charge in [0, 0.05) is 10.4 Å². The molecule has 0 saturated heterocycles. The summed E-state index contributed by atoms with van der Waals surface area (Å²) in [7, 11) is 0. The largest absolute Gasteiger partial charge is 0.365 e. The van der Waals surface area contributed by atoms with Crippen molar-refractivity contribution in [2.75, 3.05) is 5.32 Å². The zero-order valence-electron chi connectivity index (χ0n) is 14.1. The molecule has 0 aliphatic heterocycles. The molecule has 0 unspecified atom stereocenters. The van der Waals surface area contributed by atoms with Gasteiger partial charge < -0.3 is 11.1 Å². The molecule has 4 nitrogen and oxygen atoms in total. The minimum atomic E-state index is -0.453. The summed E-state index contributed by atoms with van der Waals surface area (Å²) in [5.41, 5.74) is 9.83. The van der Waals surface area contributed by atoms with E-state index in [1.807, 2.05) is 26.0 Å². The molecular weight excluding hydrogens is 320 g/mol. The van der Waals surface area contributed by atoms with Gasteiger partial charge in [0.1, 0.15) is 5.00 Å². The van der Waals surface area contributed by atoms with Crippen molar-refractivity contribution in [3.05, 3.63) is 50.9 Å². The van der Waals surface area contributed by atoms with Crippen LogP contribution in [-0.2, 0) is 12.8 Å². The molecule has 1 aliphatic rings. The van der Waals surface area contributed by atoms with Crippen LogP contribution < -0.4 is 11.1 Å². The Morgan fingerprint density at radius 2 is 1.88 bits per heavy atom. The van der Waals surface area contributed by atoms with Crippen molar-refractivity contribution in [3.8, 4) is 0 Å². The number of carbonyl (C=O) groups is 2. The van der Waals surface area contributed by atoms with E-state index >= 15 is 0 Å². The second kappa shape index (κ2) is 6.77. The standard InChI is InChI=1S/C19H22N2O2S/c1-11-7-6-9-13(12(11)2)18(23)21-19-16(17(20)22)14-8-4-3-5-10-15(14)24-19/h6-7,9H,3-5,8,10H2,1-2H3,(H2,20,22)(H,21,23). The summed E-state index contributed by atoms with van der Waals surface area (Å²) in [5.74, 6) is -0.638. The van der Waals surface area contributed by atoms with Gasteiger partial charge in [0.05, 0.1) is 5.56 Å². The number of hydrogen-bond donors (Lipinski definition) is 2. The van der Waals surface area contributed by atoms with Crippen molar-refractivity contribution in [2.24, 2.45) is 5.73 Å². The van der Waals surface area contributed by atoms with Crippen LogP contribution in [0.1, 0.15) is 61.5 Å². The van der Waals surface area contributed by atoms with Crippen LogP contribution in [0.15, 0.2) is 18.2 Å². The van der Waals surface area contributed by atoms with E-state index in [-0.39, 0.29) is 5.91 Å². The molecule has 1 aromatic heterocycles. The molecule has 0 fully saturated rings. The molecule has 3 rings (SSSR count). The van der Waals surface area contributed by atoms with Crippen LogP contribution in [0.5, 0.6) is 0 Å². The fraction of sp³-hybridized carbons (Fsp3) is 0.368. The van der Waals surface area contributed by atoms with E-state index in [9.17, 15) is 9.59 Å². The fourth-order valence-electron chi connectivity index (χ4n) is 3.26. The number of anilines is 1. The van der Waals surface area contributed by atoms with Crippen molar-refractivity contribution >= 4 is 28.2 Å². The number of fused-ring (bicyclic) bond motifs is 1. The zero-order chi connectivity index (χ0) is 17.3. The van der Waals surface area contributed by atoms with E-state index in [0.29, 0.717) is 16.1 Å². The Balaban J connectivity index is 1.96. The molecule has 5 heteroatoms. The highest BCUT2D eigenvalue weighted by Gasteiger charge is 2.24. The number of rotatable bonds is 3. The maximum absolute atomic E-state index is 12.7. The van der Waals surface area contributed by atoms with E-state index < -0.39 is 5.91 Å². The number of nitrogens with one attached hydrogen (secondary N) is 1. The molecule has 0 spiro atoms. The van der Waals surface area contributed by atoms with Gasteiger partial charge in [-0.05, 0) is 62.3 Å². The van der Waals surface area contributed by atoms with Crippen LogP contribution in [0, 0.1) is 13.8 Å². The number of benzene rings is 1. The van der Waals surface area contributed by atoms with Crippen molar-refractivity contribution in [2.45, 2.75) is 46.0 Å². The summed E-state index contributed by atoms with van der Waals surface area (Å²) in [6, 6.07) is 5.66. The van der Waals surface area contributed by atoms with Gasteiger partial charge in [-0.1, -0.05) is 18.6 Å². The summed E-state index contributed by atoms with van der Waals surface area (Å²) in [5, 5.41) is 3.53. The zero-order valence-corrected chi connectivity index (χ0v) is 14.9. The highest BCUT2D eigenvalue weighted by Crippen LogP contribution is 2.37. The van der Waals surface area contributed by atoms with Crippen LogP contribution in [0.3, 0.4) is 0 Å². The summed E-state index contributed by atoms with van der Waals surface area (Å²) < 4.78 is 0. The van der Waals surface area contributed by atoms with E-state index in [1.54, 1.807) is 6.07 Å². The van der Waals surface area contributed by atoms with Crippen LogP contribution in [0.25, 0.3) is 0 Å².